The number of aromatic nitrogens is 1. The molecule has 3 rings (SSSR count). The molecule has 20 heavy (non-hydrogen) atoms. The standard InChI is InChI=1S/C14H15N4OS/c1-14(2,3)13-17-9-7(10(18-13)12(15)19)4-5-8-11(9)20-6-16-8/h4,10H,5H2,1-3H3,(H2,15,19). The minimum Gasteiger partial charge on any atom is -0.368 e. The first-order valence-corrected chi connectivity index (χ1v) is 7.22. The number of allylic oxidation sites excluding steroid dienone is 1. The first-order valence-electron chi connectivity index (χ1n) is 6.41. The van der Waals surface area contributed by atoms with E-state index in [-0.39, 0.29) is 5.41 Å². The van der Waals surface area contributed by atoms with Crippen LogP contribution in [0.15, 0.2) is 21.6 Å². The van der Waals surface area contributed by atoms with Gasteiger partial charge in [0.1, 0.15) is 5.84 Å². The summed E-state index contributed by atoms with van der Waals surface area (Å²) in [6, 6.07) is -0.646. The number of hydrogen-bond donors (Lipinski definition) is 1. The molecule has 1 radical (unpaired) electrons. The number of thiazole rings is 1. The fraction of sp³-hybridized carbons (Fsp3) is 0.429. The quantitative estimate of drug-likeness (QED) is 0.850. The van der Waals surface area contributed by atoms with E-state index in [9.17, 15) is 4.79 Å². The van der Waals surface area contributed by atoms with Gasteiger partial charge in [-0.3, -0.25) is 9.79 Å². The molecule has 0 saturated heterocycles. The molecule has 103 valence electrons. The minimum atomic E-state index is -0.646. The van der Waals surface area contributed by atoms with Crippen molar-refractivity contribution in [1.82, 2.24) is 4.98 Å². The number of rotatable bonds is 1. The maximum atomic E-state index is 11.7. The van der Waals surface area contributed by atoms with Crippen molar-refractivity contribution in [3.05, 3.63) is 27.7 Å². The van der Waals surface area contributed by atoms with Gasteiger partial charge < -0.3 is 5.73 Å². The summed E-state index contributed by atoms with van der Waals surface area (Å²) in [6.45, 7) is 6.06. The maximum Gasteiger partial charge on any atom is 0.246 e. The molecule has 2 aliphatic rings. The number of nitrogens with zero attached hydrogens (tertiary/aromatic N) is 3. The molecule has 1 aliphatic heterocycles. The highest BCUT2D eigenvalue weighted by Gasteiger charge is 2.35. The van der Waals surface area contributed by atoms with Gasteiger partial charge in [0.2, 0.25) is 5.91 Å². The van der Waals surface area contributed by atoms with E-state index in [1.54, 1.807) is 0 Å². The average Bonchev–Trinajstić information content (AvgIpc) is 2.84. The smallest absolute Gasteiger partial charge is 0.246 e. The summed E-state index contributed by atoms with van der Waals surface area (Å²) >= 11 is 1.42. The van der Waals surface area contributed by atoms with Crippen LogP contribution in [0.1, 0.15) is 31.3 Å². The van der Waals surface area contributed by atoms with Gasteiger partial charge in [-0.05, 0) is 0 Å². The first-order chi connectivity index (χ1) is 9.38. The van der Waals surface area contributed by atoms with Crippen molar-refractivity contribution in [3.8, 4) is 0 Å². The lowest BCUT2D eigenvalue weighted by Crippen LogP contribution is -2.39. The van der Waals surface area contributed by atoms with Crippen LogP contribution in [0.5, 0.6) is 0 Å². The van der Waals surface area contributed by atoms with Crippen molar-refractivity contribution in [2.75, 3.05) is 0 Å². The molecule has 1 aliphatic carbocycles. The Morgan fingerprint density at radius 2 is 2.25 bits per heavy atom. The molecule has 0 fully saturated rings. The Kier molecular flexibility index (Phi) is 2.86. The number of carbonyl (C=O) groups excluding carboxylic acids is 1. The van der Waals surface area contributed by atoms with Crippen LogP contribution in [0, 0.1) is 10.9 Å². The van der Waals surface area contributed by atoms with Crippen molar-refractivity contribution in [1.29, 1.82) is 0 Å². The zero-order chi connectivity index (χ0) is 14.5. The maximum absolute atomic E-state index is 11.7. The first kappa shape index (κ1) is 13.2. The topological polar surface area (TPSA) is 80.7 Å². The van der Waals surface area contributed by atoms with Crippen molar-refractivity contribution >= 4 is 28.8 Å². The van der Waals surface area contributed by atoms with Crippen LogP contribution in [-0.2, 0) is 11.2 Å². The third kappa shape index (κ3) is 2.00. The second-order valence-electron chi connectivity index (χ2n) is 5.91. The number of fused-ring (bicyclic) bond motifs is 3. The average molecular weight is 287 g/mol. The van der Waals surface area contributed by atoms with E-state index in [0.29, 0.717) is 12.3 Å². The van der Waals surface area contributed by atoms with Gasteiger partial charge in [0.15, 0.2) is 11.6 Å². The van der Waals surface area contributed by atoms with E-state index >= 15 is 0 Å². The Hall–Kier alpha value is -1.82. The minimum absolute atomic E-state index is 0.238. The van der Waals surface area contributed by atoms with Crippen LogP contribution >= 0.6 is 11.3 Å². The van der Waals surface area contributed by atoms with Gasteiger partial charge in [0.25, 0.3) is 0 Å². The van der Waals surface area contributed by atoms with Gasteiger partial charge in [0, 0.05) is 17.4 Å². The van der Waals surface area contributed by atoms with Gasteiger partial charge in [-0.25, -0.2) is 9.98 Å². The highest BCUT2D eigenvalue weighted by molar-refractivity contribution is 7.11. The van der Waals surface area contributed by atoms with Crippen molar-refractivity contribution in [3.63, 3.8) is 0 Å². The zero-order valence-electron chi connectivity index (χ0n) is 11.6. The number of amides is 1. The van der Waals surface area contributed by atoms with E-state index < -0.39 is 11.9 Å². The molecule has 2 N–H and O–H groups in total. The number of hydrogen-bond acceptors (Lipinski definition) is 5. The Morgan fingerprint density at radius 3 is 2.90 bits per heavy atom. The lowest BCUT2D eigenvalue weighted by Gasteiger charge is -2.28. The van der Waals surface area contributed by atoms with Crippen LogP contribution in [0.2, 0.25) is 0 Å². The molecule has 5 nitrogen and oxygen atoms in total. The van der Waals surface area contributed by atoms with Gasteiger partial charge >= 0.3 is 0 Å². The van der Waals surface area contributed by atoms with Gasteiger partial charge in [-0.15, -0.1) is 11.3 Å². The molecule has 1 amide bonds. The van der Waals surface area contributed by atoms with Crippen LogP contribution in [-0.4, -0.2) is 28.5 Å². The monoisotopic (exact) mass is 287 g/mol. The summed E-state index contributed by atoms with van der Waals surface area (Å²) in [5.41, 5.74) is 10.7. The largest absolute Gasteiger partial charge is 0.368 e. The van der Waals surface area contributed by atoms with Crippen LogP contribution in [0.25, 0.3) is 0 Å². The molecule has 1 unspecified atom stereocenters. The van der Waals surface area contributed by atoms with E-state index in [1.165, 1.54) is 11.3 Å². The predicted molar refractivity (Wildman–Crippen MR) is 79.1 cm³/mol. The number of aliphatic imine (C=N–C) groups is 2. The summed E-state index contributed by atoms with van der Waals surface area (Å²) in [6.07, 6.45) is 2.63. The molecule has 1 aromatic heterocycles. The zero-order valence-corrected chi connectivity index (χ0v) is 12.4. The number of carbonyl (C=O) groups is 1. The van der Waals surface area contributed by atoms with Crippen LogP contribution < -0.4 is 5.73 Å². The molecule has 1 aromatic rings. The molecule has 0 aromatic carbocycles. The van der Waals surface area contributed by atoms with Gasteiger partial charge in [0.05, 0.1) is 16.3 Å². The summed E-state index contributed by atoms with van der Waals surface area (Å²) in [5, 5.41) is 0. The Balaban J connectivity index is 2.18. The highest BCUT2D eigenvalue weighted by Crippen LogP contribution is 2.32. The Labute approximate surface area is 121 Å². The number of primary amides is 1. The van der Waals surface area contributed by atoms with Crippen molar-refractivity contribution < 1.29 is 4.79 Å². The Bertz CT molecular complexity index is 676. The lowest BCUT2D eigenvalue weighted by atomic mass is 9.88. The Morgan fingerprint density at radius 1 is 1.50 bits per heavy atom. The van der Waals surface area contributed by atoms with Gasteiger partial charge in [-0.2, -0.15) is 0 Å². The second-order valence-corrected chi connectivity index (χ2v) is 6.71. The number of nitrogens with two attached hydrogens (primary N) is 1. The molecular weight excluding hydrogens is 272 g/mol. The fourth-order valence-corrected chi connectivity index (χ4v) is 3.01. The van der Waals surface area contributed by atoms with Gasteiger partial charge in [-0.1, -0.05) is 26.8 Å². The molecule has 0 spiro atoms. The summed E-state index contributed by atoms with van der Waals surface area (Å²) in [4.78, 5) is 26.0. The molecular formula is C14H15N4OS. The highest BCUT2D eigenvalue weighted by atomic mass is 32.1. The van der Waals surface area contributed by atoms with Crippen molar-refractivity contribution in [2.24, 2.45) is 21.1 Å². The van der Waals surface area contributed by atoms with E-state index in [1.807, 2.05) is 26.8 Å². The van der Waals surface area contributed by atoms with E-state index in [0.717, 1.165) is 21.9 Å². The molecule has 6 heteroatoms. The SMILES string of the molecule is CC(C)(C)C1=NC(C(N)=O)C2=CCc3n[c]sc3C2=N1. The predicted octanol–water partition coefficient (Wildman–Crippen LogP) is 1.53. The lowest BCUT2D eigenvalue weighted by molar-refractivity contribution is -0.118. The third-order valence-corrected chi connectivity index (χ3v) is 4.11. The number of amidine groups is 1. The molecule has 0 saturated carbocycles. The third-order valence-electron chi connectivity index (χ3n) is 3.30. The summed E-state index contributed by atoms with van der Waals surface area (Å²) in [7, 11) is 0. The van der Waals surface area contributed by atoms with Crippen molar-refractivity contribution in [2.45, 2.75) is 33.2 Å². The summed E-state index contributed by atoms with van der Waals surface area (Å²) in [5.74, 6) is 0.206. The fourth-order valence-electron chi connectivity index (χ4n) is 2.25. The molecule has 0 bridgehead atoms. The van der Waals surface area contributed by atoms with Crippen LogP contribution in [0.3, 0.4) is 0 Å². The molecule has 1 atom stereocenters. The second kappa shape index (κ2) is 4.34. The van der Waals surface area contributed by atoms with E-state index in [4.69, 9.17) is 5.73 Å². The normalized spacial score (nSPS) is 21.4. The summed E-state index contributed by atoms with van der Waals surface area (Å²) < 4.78 is 0. The van der Waals surface area contributed by atoms with Crippen LogP contribution in [0.4, 0.5) is 0 Å². The van der Waals surface area contributed by atoms with E-state index in [2.05, 4.69) is 20.5 Å². The molecule has 2 heterocycles.